The van der Waals surface area contributed by atoms with Crippen molar-refractivity contribution in [2.24, 2.45) is 0 Å². The summed E-state index contributed by atoms with van der Waals surface area (Å²) >= 11 is 0. The van der Waals surface area contributed by atoms with Gasteiger partial charge in [-0.25, -0.2) is 4.79 Å². The van der Waals surface area contributed by atoms with E-state index in [1.165, 1.54) is 5.56 Å². The highest BCUT2D eigenvalue weighted by Crippen LogP contribution is 2.25. The van der Waals surface area contributed by atoms with Gasteiger partial charge in [0.25, 0.3) is 0 Å². The minimum atomic E-state index is -0.187. The largest absolute Gasteiger partial charge is 0.491 e. The SMILES string of the molecule is Cc1ccc(C)c(OCCNC(=O)NC(C)c2ccccc2)c1C. The third-order valence-corrected chi connectivity index (χ3v) is 4.15. The molecule has 0 aromatic heterocycles. The molecule has 0 fully saturated rings. The van der Waals surface area contributed by atoms with Gasteiger partial charge < -0.3 is 15.4 Å². The number of ether oxygens (including phenoxy) is 1. The van der Waals surface area contributed by atoms with Crippen molar-refractivity contribution in [2.45, 2.75) is 33.7 Å². The van der Waals surface area contributed by atoms with Gasteiger partial charge in [-0.3, -0.25) is 0 Å². The Hall–Kier alpha value is -2.49. The Labute approximate surface area is 144 Å². The summed E-state index contributed by atoms with van der Waals surface area (Å²) in [5, 5.41) is 5.75. The quantitative estimate of drug-likeness (QED) is 0.787. The lowest BCUT2D eigenvalue weighted by atomic mass is 10.1. The maximum absolute atomic E-state index is 11.9. The topological polar surface area (TPSA) is 50.4 Å². The Morgan fingerprint density at radius 1 is 1.04 bits per heavy atom. The average molecular weight is 326 g/mol. The van der Waals surface area contributed by atoms with Gasteiger partial charge in [0.05, 0.1) is 12.6 Å². The number of benzene rings is 2. The normalized spacial score (nSPS) is 11.7. The molecule has 24 heavy (non-hydrogen) atoms. The minimum Gasteiger partial charge on any atom is -0.491 e. The fourth-order valence-electron chi connectivity index (χ4n) is 2.54. The fourth-order valence-corrected chi connectivity index (χ4v) is 2.54. The maximum atomic E-state index is 11.9. The van der Waals surface area contributed by atoms with Crippen LogP contribution in [-0.4, -0.2) is 19.2 Å². The van der Waals surface area contributed by atoms with Crippen LogP contribution < -0.4 is 15.4 Å². The first kappa shape index (κ1) is 17.9. The second-order valence-corrected chi connectivity index (χ2v) is 6.03. The van der Waals surface area contributed by atoms with Crippen LogP contribution >= 0.6 is 0 Å². The molecule has 0 aliphatic rings. The van der Waals surface area contributed by atoms with Crippen LogP contribution in [0.15, 0.2) is 42.5 Å². The Kier molecular flexibility index (Phi) is 6.24. The summed E-state index contributed by atoms with van der Waals surface area (Å²) in [5.74, 6) is 0.912. The summed E-state index contributed by atoms with van der Waals surface area (Å²) in [6.45, 7) is 9.02. The van der Waals surface area contributed by atoms with E-state index in [-0.39, 0.29) is 12.1 Å². The van der Waals surface area contributed by atoms with Gasteiger partial charge in [0.15, 0.2) is 0 Å². The lowest BCUT2D eigenvalue weighted by Gasteiger charge is -2.16. The first-order valence-electron chi connectivity index (χ1n) is 8.28. The molecule has 0 aliphatic heterocycles. The first-order chi connectivity index (χ1) is 11.5. The Morgan fingerprint density at radius 2 is 1.71 bits per heavy atom. The molecule has 0 spiro atoms. The van der Waals surface area contributed by atoms with Crippen LogP contribution in [-0.2, 0) is 0 Å². The number of carbonyl (C=O) groups excluding carboxylic acids is 1. The molecule has 2 amide bonds. The lowest BCUT2D eigenvalue weighted by molar-refractivity contribution is 0.233. The standard InChI is InChI=1S/C20H26N2O2/c1-14-10-11-15(2)19(16(14)3)24-13-12-21-20(23)22-17(4)18-8-6-5-7-9-18/h5-11,17H,12-13H2,1-4H3,(H2,21,22,23). The highest BCUT2D eigenvalue weighted by Gasteiger charge is 2.09. The van der Waals surface area contributed by atoms with E-state index in [0.29, 0.717) is 13.2 Å². The van der Waals surface area contributed by atoms with E-state index in [9.17, 15) is 4.79 Å². The smallest absolute Gasteiger partial charge is 0.315 e. The van der Waals surface area contributed by atoms with E-state index in [0.717, 1.165) is 22.4 Å². The second-order valence-electron chi connectivity index (χ2n) is 6.03. The number of aryl methyl sites for hydroxylation is 2. The Bertz CT molecular complexity index is 684. The van der Waals surface area contributed by atoms with E-state index in [1.807, 2.05) is 44.2 Å². The van der Waals surface area contributed by atoms with Gasteiger partial charge in [-0.15, -0.1) is 0 Å². The van der Waals surface area contributed by atoms with Crippen LogP contribution in [0.2, 0.25) is 0 Å². The summed E-state index contributed by atoms with van der Waals surface area (Å²) in [4.78, 5) is 11.9. The summed E-state index contributed by atoms with van der Waals surface area (Å²) in [7, 11) is 0. The number of rotatable bonds is 6. The van der Waals surface area contributed by atoms with Crippen LogP contribution in [0.1, 0.15) is 35.2 Å². The summed E-state index contributed by atoms with van der Waals surface area (Å²) < 4.78 is 5.85. The van der Waals surface area contributed by atoms with Gasteiger partial charge in [-0.2, -0.15) is 0 Å². The molecule has 4 heteroatoms. The third kappa shape index (κ3) is 4.75. The van der Waals surface area contributed by atoms with Crippen molar-refractivity contribution in [3.8, 4) is 5.75 Å². The maximum Gasteiger partial charge on any atom is 0.315 e. The second kappa shape index (κ2) is 8.39. The predicted octanol–water partition coefficient (Wildman–Crippen LogP) is 4.05. The molecule has 0 aliphatic carbocycles. The van der Waals surface area contributed by atoms with Gasteiger partial charge in [-0.1, -0.05) is 42.5 Å². The van der Waals surface area contributed by atoms with Gasteiger partial charge in [0.2, 0.25) is 0 Å². The van der Waals surface area contributed by atoms with E-state index >= 15 is 0 Å². The summed E-state index contributed by atoms with van der Waals surface area (Å²) in [6.07, 6.45) is 0. The van der Waals surface area contributed by atoms with Crippen molar-refractivity contribution >= 4 is 6.03 Å². The molecule has 0 radical (unpaired) electrons. The van der Waals surface area contributed by atoms with Crippen molar-refractivity contribution in [1.29, 1.82) is 0 Å². The Morgan fingerprint density at radius 3 is 2.42 bits per heavy atom. The molecule has 1 atom stereocenters. The summed E-state index contributed by atoms with van der Waals surface area (Å²) in [6, 6.07) is 13.8. The zero-order chi connectivity index (χ0) is 17.5. The van der Waals surface area contributed by atoms with Gasteiger partial charge in [-0.05, 0) is 49.9 Å². The highest BCUT2D eigenvalue weighted by molar-refractivity contribution is 5.74. The van der Waals surface area contributed by atoms with Crippen molar-refractivity contribution in [1.82, 2.24) is 10.6 Å². The zero-order valence-electron chi connectivity index (χ0n) is 14.8. The first-order valence-corrected chi connectivity index (χ1v) is 8.28. The molecule has 0 saturated carbocycles. The molecular formula is C20H26N2O2. The molecule has 1 unspecified atom stereocenters. The molecule has 128 valence electrons. The van der Waals surface area contributed by atoms with Crippen molar-refractivity contribution < 1.29 is 9.53 Å². The Balaban J connectivity index is 1.76. The van der Waals surface area contributed by atoms with Crippen LogP contribution in [0, 0.1) is 20.8 Å². The van der Waals surface area contributed by atoms with E-state index in [2.05, 4.69) is 36.6 Å². The average Bonchev–Trinajstić information content (AvgIpc) is 2.58. The predicted molar refractivity (Wildman–Crippen MR) is 97.5 cm³/mol. The fraction of sp³-hybridized carbons (Fsp3) is 0.350. The molecule has 0 saturated heterocycles. The molecule has 2 N–H and O–H groups in total. The van der Waals surface area contributed by atoms with Crippen LogP contribution in [0.25, 0.3) is 0 Å². The van der Waals surface area contributed by atoms with Crippen molar-refractivity contribution in [3.63, 3.8) is 0 Å². The van der Waals surface area contributed by atoms with Crippen molar-refractivity contribution in [2.75, 3.05) is 13.2 Å². The van der Waals surface area contributed by atoms with Crippen LogP contribution in [0.5, 0.6) is 5.75 Å². The molecule has 2 aromatic carbocycles. The van der Waals surface area contributed by atoms with Crippen molar-refractivity contribution in [3.05, 3.63) is 64.7 Å². The highest BCUT2D eigenvalue weighted by atomic mass is 16.5. The minimum absolute atomic E-state index is 0.0339. The number of amides is 2. The van der Waals surface area contributed by atoms with E-state index in [1.54, 1.807) is 0 Å². The van der Waals surface area contributed by atoms with E-state index in [4.69, 9.17) is 4.74 Å². The van der Waals surface area contributed by atoms with Crippen LogP contribution in [0.4, 0.5) is 4.79 Å². The van der Waals surface area contributed by atoms with Gasteiger partial charge in [0.1, 0.15) is 12.4 Å². The number of hydrogen-bond acceptors (Lipinski definition) is 2. The van der Waals surface area contributed by atoms with Crippen LogP contribution in [0.3, 0.4) is 0 Å². The molecule has 0 bridgehead atoms. The monoisotopic (exact) mass is 326 g/mol. The number of nitrogens with one attached hydrogen (secondary N) is 2. The number of carbonyl (C=O) groups is 1. The number of hydrogen-bond donors (Lipinski definition) is 2. The molecule has 4 nitrogen and oxygen atoms in total. The third-order valence-electron chi connectivity index (χ3n) is 4.15. The summed E-state index contributed by atoms with van der Waals surface area (Å²) in [5.41, 5.74) is 4.55. The molecule has 0 heterocycles. The number of urea groups is 1. The molecule has 2 rings (SSSR count). The lowest BCUT2D eigenvalue weighted by Crippen LogP contribution is -2.39. The van der Waals surface area contributed by atoms with Gasteiger partial charge >= 0.3 is 6.03 Å². The molecular weight excluding hydrogens is 300 g/mol. The molecule has 2 aromatic rings. The van der Waals surface area contributed by atoms with Gasteiger partial charge in [0, 0.05) is 0 Å². The van der Waals surface area contributed by atoms with E-state index < -0.39 is 0 Å². The zero-order valence-corrected chi connectivity index (χ0v) is 14.8.